The van der Waals surface area contributed by atoms with Gasteiger partial charge in [-0.05, 0) is 19.1 Å². The van der Waals surface area contributed by atoms with Crippen molar-refractivity contribution in [1.82, 2.24) is 4.98 Å². The SMILES string of the molecule is CC1(C(=O)Nc2nc(-c3ccccc3)cs2)Sc2ccccc2NC1=O. The van der Waals surface area contributed by atoms with Gasteiger partial charge < -0.3 is 10.6 Å². The van der Waals surface area contributed by atoms with Crippen molar-refractivity contribution < 1.29 is 9.59 Å². The summed E-state index contributed by atoms with van der Waals surface area (Å²) in [6.45, 7) is 1.63. The van der Waals surface area contributed by atoms with Crippen LogP contribution >= 0.6 is 23.1 Å². The van der Waals surface area contributed by atoms with E-state index in [0.29, 0.717) is 5.13 Å². The smallest absolute Gasteiger partial charge is 0.252 e. The minimum absolute atomic E-state index is 0.335. The first-order chi connectivity index (χ1) is 12.6. The number of para-hydroxylation sites is 1. The monoisotopic (exact) mass is 381 g/mol. The maximum atomic E-state index is 12.8. The topological polar surface area (TPSA) is 71.1 Å². The zero-order valence-corrected chi connectivity index (χ0v) is 15.5. The molecule has 3 aromatic rings. The van der Waals surface area contributed by atoms with E-state index in [4.69, 9.17) is 0 Å². The minimum Gasteiger partial charge on any atom is -0.323 e. The number of benzene rings is 2. The Morgan fingerprint density at radius 2 is 1.85 bits per heavy atom. The van der Waals surface area contributed by atoms with Crippen molar-refractivity contribution in [3.05, 3.63) is 60.0 Å². The van der Waals surface area contributed by atoms with E-state index in [-0.39, 0.29) is 11.8 Å². The first-order valence-corrected chi connectivity index (χ1v) is 9.68. The number of thiazole rings is 1. The van der Waals surface area contributed by atoms with Gasteiger partial charge in [0.2, 0.25) is 5.91 Å². The molecule has 1 aliphatic rings. The predicted molar refractivity (Wildman–Crippen MR) is 106 cm³/mol. The van der Waals surface area contributed by atoms with Gasteiger partial charge in [0, 0.05) is 15.8 Å². The summed E-state index contributed by atoms with van der Waals surface area (Å²) in [5, 5.41) is 7.96. The van der Waals surface area contributed by atoms with Crippen molar-refractivity contribution >= 4 is 45.7 Å². The number of amides is 2. The molecule has 1 aromatic heterocycles. The molecule has 1 atom stereocenters. The fraction of sp³-hybridized carbons (Fsp3) is 0.105. The number of nitrogens with one attached hydrogen (secondary N) is 2. The highest BCUT2D eigenvalue weighted by atomic mass is 32.2. The zero-order chi connectivity index (χ0) is 18.1. The Bertz CT molecular complexity index is 987. The molecular formula is C19H15N3O2S2. The van der Waals surface area contributed by atoms with Crippen LogP contribution in [0.25, 0.3) is 11.3 Å². The molecule has 0 saturated carbocycles. The second-order valence-corrected chi connectivity index (χ2v) is 8.26. The second-order valence-electron chi connectivity index (χ2n) is 5.94. The minimum atomic E-state index is -1.26. The molecule has 0 fully saturated rings. The lowest BCUT2D eigenvalue weighted by Crippen LogP contribution is -2.49. The Hall–Kier alpha value is -2.64. The average Bonchev–Trinajstić information content (AvgIpc) is 3.12. The third kappa shape index (κ3) is 3.00. The lowest BCUT2D eigenvalue weighted by molar-refractivity contribution is -0.126. The highest BCUT2D eigenvalue weighted by Crippen LogP contribution is 2.43. The van der Waals surface area contributed by atoms with E-state index < -0.39 is 4.75 Å². The first kappa shape index (κ1) is 16.8. The number of carbonyl (C=O) groups is 2. The van der Waals surface area contributed by atoms with E-state index >= 15 is 0 Å². The van der Waals surface area contributed by atoms with Crippen LogP contribution < -0.4 is 10.6 Å². The van der Waals surface area contributed by atoms with Crippen LogP contribution in [-0.4, -0.2) is 21.5 Å². The number of nitrogens with zero attached hydrogens (tertiary/aromatic N) is 1. The lowest BCUT2D eigenvalue weighted by Gasteiger charge is -2.31. The van der Waals surface area contributed by atoms with Crippen molar-refractivity contribution in [3.8, 4) is 11.3 Å². The fourth-order valence-electron chi connectivity index (χ4n) is 2.61. The van der Waals surface area contributed by atoms with Crippen molar-refractivity contribution in [2.75, 3.05) is 10.6 Å². The molecule has 0 aliphatic carbocycles. The van der Waals surface area contributed by atoms with E-state index in [0.717, 1.165) is 21.8 Å². The largest absolute Gasteiger partial charge is 0.323 e. The summed E-state index contributed by atoms with van der Waals surface area (Å²) >= 11 is 2.59. The number of aromatic nitrogens is 1. The second kappa shape index (κ2) is 6.59. The average molecular weight is 381 g/mol. The van der Waals surface area contributed by atoms with Gasteiger partial charge in [0.25, 0.3) is 5.91 Å². The molecule has 0 spiro atoms. The molecule has 1 aliphatic heterocycles. The summed E-state index contributed by atoms with van der Waals surface area (Å²) < 4.78 is -1.26. The molecular weight excluding hydrogens is 366 g/mol. The summed E-state index contributed by atoms with van der Waals surface area (Å²) in [6, 6.07) is 17.2. The van der Waals surface area contributed by atoms with Crippen LogP contribution in [0.5, 0.6) is 0 Å². The zero-order valence-electron chi connectivity index (χ0n) is 13.9. The predicted octanol–water partition coefficient (Wildman–Crippen LogP) is 4.25. The number of thioether (sulfide) groups is 1. The molecule has 0 radical (unpaired) electrons. The quantitative estimate of drug-likeness (QED) is 0.665. The molecule has 0 saturated heterocycles. The van der Waals surface area contributed by atoms with Crippen LogP contribution in [0, 0.1) is 0 Å². The molecule has 2 amide bonds. The van der Waals surface area contributed by atoms with Crippen molar-refractivity contribution in [3.63, 3.8) is 0 Å². The van der Waals surface area contributed by atoms with E-state index in [1.54, 1.807) is 6.92 Å². The normalized spacial score (nSPS) is 18.7. The highest BCUT2D eigenvalue weighted by molar-refractivity contribution is 8.02. The highest BCUT2D eigenvalue weighted by Gasteiger charge is 2.46. The summed E-state index contributed by atoms with van der Waals surface area (Å²) in [4.78, 5) is 30.7. The summed E-state index contributed by atoms with van der Waals surface area (Å²) in [5.41, 5.74) is 2.50. The standard InChI is InChI=1S/C19H15N3O2S2/c1-19(16(23)20-13-9-5-6-10-15(13)26-19)17(24)22-18-21-14(11-25-18)12-7-3-2-4-8-12/h2-11H,1H3,(H,20,23)(H,21,22,24). The summed E-state index contributed by atoms with van der Waals surface area (Å²) in [6.07, 6.45) is 0. The third-order valence-corrected chi connectivity index (χ3v) is 6.22. The summed E-state index contributed by atoms with van der Waals surface area (Å²) in [5.74, 6) is -0.720. The first-order valence-electron chi connectivity index (χ1n) is 7.98. The van der Waals surface area contributed by atoms with Crippen LogP contribution in [0.2, 0.25) is 0 Å². The molecule has 2 N–H and O–H groups in total. The Kier molecular flexibility index (Phi) is 4.26. The van der Waals surface area contributed by atoms with Crippen LogP contribution in [-0.2, 0) is 9.59 Å². The maximum Gasteiger partial charge on any atom is 0.252 e. The number of hydrogen-bond acceptors (Lipinski definition) is 5. The lowest BCUT2D eigenvalue weighted by atomic mass is 10.1. The van der Waals surface area contributed by atoms with Gasteiger partial charge in [-0.15, -0.1) is 11.3 Å². The van der Waals surface area contributed by atoms with Gasteiger partial charge in [0.05, 0.1) is 11.4 Å². The van der Waals surface area contributed by atoms with Crippen LogP contribution in [0.4, 0.5) is 10.8 Å². The van der Waals surface area contributed by atoms with Gasteiger partial charge >= 0.3 is 0 Å². The fourth-order valence-corrected chi connectivity index (χ4v) is 4.42. The van der Waals surface area contributed by atoms with Gasteiger partial charge in [0.15, 0.2) is 9.88 Å². The number of anilines is 2. The third-order valence-electron chi connectivity index (χ3n) is 4.11. The van der Waals surface area contributed by atoms with Gasteiger partial charge in [-0.1, -0.05) is 54.2 Å². The molecule has 130 valence electrons. The molecule has 0 bridgehead atoms. The van der Waals surface area contributed by atoms with Gasteiger partial charge in [0.1, 0.15) is 0 Å². The number of carbonyl (C=O) groups excluding carboxylic acids is 2. The van der Waals surface area contributed by atoms with E-state index in [1.165, 1.54) is 23.1 Å². The maximum absolute atomic E-state index is 12.8. The molecule has 26 heavy (non-hydrogen) atoms. The number of rotatable bonds is 3. The molecule has 5 nitrogen and oxygen atoms in total. The van der Waals surface area contributed by atoms with Crippen molar-refractivity contribution in [1.29, 1.82) is 0 Å². The van der Waals surface area contributed by atoms with Gasteiger partial charge in [-0.2, -0.15) is 0 Å². The van der Waals surface area contributed by atoms with Crippen LogP contribution in [0.1, 0.15) is 6.92 Å². The van der Waals surface area contributed by atoms with E-state index in [9.17, 15) is 9.59 Å². The van der Waals surface area contributed by atoms with E-state index in [1.807, 2.05) is 60.0 Å². The van der Waals surface area contributed by atoms with Gasteiger partial charge in [-0.25, -0.2) is 4.98 Å². The van der Waals surface area contributed by atoms with Crippen LogP contribution in [0.3, 0.4) is 0 Å². The van der Waals surface area contributed by atoms with E-state index in [2.05, 4.69) is 15.6 Å². The molecule has 2 aromatic carbocycles. The molecule has 4 rings (SSSR count). The Labute approximate surface area is 158 Å². The van der Waals surface area contributed by atoms with Crippen molar-refractivity contribution in [2.24, 2.45) is 0 Å². The number of hydrogen-bond donors (Lipinski definition) is 2. The number of fused-ring (bicyclic) bond motifs is 1. The van der Waals surface area contributed by atoms with Crippen LogP contribution in [0.15, 0.2) is 64.9 Å². The van der Waals surface area contributed by atoms with Crippen molar-refractivity contribution in [2.45, 2.75) is 16.6 Å². The summed E-state index contributed by atoms with van der Waals surface area (Å²) in [7, 11) is 0. The molecule has 2 heterocycles. The Morgan fingerprint density at radius 1 is 1.12 bits per heavy atom. The molecule has 7 heteroatoms. The Balaban J connectivity index is 1.55. The Morgan fingerprint density at radius 3 is 2.65 bits per heavy atom. The van der Waals surface area contributed by atoms with Gasteiger partial charge in [-0.3, -0.25) is 9.59 Å². The molecule has 1 unspecified atom stereocenters.